The summed E-state index contributed by atoms with van der Waals surface area (Å²) in [5, 5.41) is 9.73. The Kier molecular flexibility index (Phi) is 4.35. The van der Waals surface area contributed by atoms with Crippen molar-refractivity contribution < 1.29 is 14.3 Å². The van der Waals surface area contributed by atoms with Gasteiger partial charge in [-0.15, -0.1) is 0 Å². The summed E-state index contributed by atoms with van der Waals surface area (Å²) in [5.74, 6) is 0.111. The minimum Gasteiger partial charge on any atom is -0.497 e. The maximum absolute atomic E-state index is 13.0. The maximum Gasteiger partial charge on any atom is 0.263 e. The summed E-state index contributed by atoms with van der Waals surface area (Å²) < 4.78 is 5.24. The molecule has 0 bridgehead atoms. The molecule has 0 N–H and O–H groups in total. The number of hydrogen-bond donors (Lipinski definition) is 0. The molecular formula is C20H20N4O3. The number of aryl methyl sites for hydroxylation is 1. The fourth-order valence-corrected chi connectivity index (χ4v) is 3.45. The first-order valence-electron chi connectivity index (χ1n) is 8.89. The average Bonchev–Trinajstić information content (AvgIpc) is 3.22. The third-order valence-corrected chi connectivity index (χ3v) is 4.94. The molecule has 0 spiro atoms. The summed E-state index contributed by atoms with van der Waals surface area (Å²) in [5.41, 5.74) is 2.66. The van der Waals surface area contributed by atoms with Gasteiger partial charge in [0.05, 0.1) is 19.3 Å². The molecule has 1 saturated heterocycles. The Hall–Kier alpha value is -3.22. The standard InChI is InChI=1S/C20H20N4O3/c1-3-13-7-9-15(10-8-13)24-19(25)17-18(20(24)26)23(22-21-17)12-14-5-4-6-16(11-14)27-2/h4-11,17-18H,3,12H2,1-2H3/t17-,18+/m1/s1. The lowest BCUT2D eigenvalue weighted by Crippen LogP contribution is -2.39. The predicted molar refractivity (Wildman–Crippen MR) is 99.3 cm³/mol. The largest absolute Gasteiger partial charge is 0.497 e. The van der Waals surface area contributed by atoms with Gasteiger partial charge in [0.15, 0.2) is 12.1 Å². The van der Waals surface area contributed by atoms with Crippen LogP contribution in [0, 0.1) is 0 Å². The zero-order valence-electron chi connectivity index (χ0n) is 15.2. The number of imide groups is 1. The summed E-state index contributed by atoms with van der Waals surface area (Å²) in [6.07, 6.45) is 0.899. The molecule has 2 heterocycles. The second-order valence-electron chi connectivity index (χ2n) is 6.58. The first kappa shape index (κ1) is 17.2. The molecule has 2 amide bonds. The molecule has 2 aromatic carbocycles. The van der Waals surface area contributed by atoms with Crippen molar-refractivity contribution in [2.75, 3.05) is 12.0 Å². The van der Waals surface area contributed by atoms with E-state index in [2.05, 4.69) is 17.3 Å². The number of benzene rings is 2. The second kappa shape index (κ2) is 6.83. The normalized spacial score (nSPS) is 21.1. The SMILES string of the molecule is CCc1ccc(N2C(=O)[C@@H]3[C@@H](N=NN3Cc3cccc(OC)c3)C2=O)cc1. The number of rotatable bonds is 5. The van der Waals surface area contributed by atoms with Gasteiger partial charge >= 0.3 is 0 Å². The van der Waals surface area contributed by atoms with E-state index in [0.717, 1.165) is 23.3 Å². The Morgan fingerprint density at radius 3 is 2.52 bits per heavy atom. The molecule has 1 fully saturated rings. The number of amides is 2. The van der Waals surface area contributed by atoms with Crippen molar-refractivity contribution in [2.45, 2.75) is 32.0 Å². The third-order valence-electron chi connectivity index (χ3n) is 4.94. The van der Waals surface area contributed by atoms with E-state index < -0.39 is 12.1 Å². The minimum atomic E-state index is -0.783. The number of ether oxygens (including phenoxy) is 1. The smallest absolute Gasteiger partial charge is 0.263 e. The number of hydrogen-bond acceptors (Lipinski definition) is 6. The summed E-state index contributed by atoms with van der Waals surface area (Å²) in [6.45, 7) is 2.44. The minimum absolute atomic E-state index is 0.290. The van der Waals surface area contributed by atoms with E-state index in [0.29, 0.717) is 12.2 Å². The first-order chi connectivity index (χ1) is 13.1. The van der Waals surface area contributed by atoms with Crippen LogP contribution >= 0.6 is 0 Å². The molecule has 0 aliphatic carbocycles. The van der Waals surface area contributed by atoms with Crippen LogP contribution in [0.3, 0.4) is 0 Å². The topological polar surface area (TPSA) is 74.6 Å². The molecular weight excluding hydrogens is 344 g/mol. The van der Waals surface area contributed by atoms with Crippen molar-refractivity contribution in [1.82, 2.24) is 5.01 Å². The highest BCUT2D eigenvalue weighted by atomic mass is 16.5. The van der Waals surface area contributed by atoms with Crippen LogP contribution in [0.5, 0.6) is 5.75 Å². The van der Waals surface area contributed by atoms with Gasteiger partial charge < -0.3 is 4.74 Å². The molecule has 2 aliphatic rings. The summed E-state index contributed by atoms with van der Waals surface area (Å²) >= 11 is 0. The maximum atomic E-state index is 13.0. The van der Waals surface area contributed by atoms with Crippen molar-refractivity contribution in [3.05, 3.63) is 59.7 Å². The van der Waals surface area contributed by atoms with Gasteiger partial charge in [0, 0.05) is 0 Å². The number of carbonyl (C=O) groups excluding carboxylic acids is 2. The Morgan fingerprint density at radius 1 is 1.04 bits per heavy atom. The van der Waals surface area contributed by atoms with Crippen molar-refractivity contribution in [1.29, 1.82) is 0 Å². The highest BCUT2D eigenvalue weighted by molar-refractivity contribution is 6.25. The van der Waals surface area contributed by atoms with Crippen LogP contribution in [0.4, 0.5) is 5.69 Å². The van der Waals surface area contributed by atoms with Gasteiger partial charge in [-0.1, -0.05) is 36.4 Å². The van der Waals surface area contributed by atoms with Crippen LogP contribution in [-0.2, 0) is 22.6 Å². The molecule has 2 aliphatic heterocycles. The van der Waals surface area contributed by atoms with Gasteiger partial charge in [0.1, 0.15) is 5.75 Å². The van der Waals surface area contributed by atoms with E-state index in [1.807, 2.05) is 36.4 Å². The molecule has 0 aromatic heterocycles. The first-order valence-corrected chi connectivity index (χ1v) is 8.89. The lowest BCUT2D eigenvalue weighted by Gasteiger charge is -2.21. The van der Waals surface area contributed by atoms with Crippen molar-refractivity contribution in [3.8, 4) is 5.75 Å². The molecule has 0 radical (unpaired) electrons. The molecule has 138 valence electrons. The number of anilines is 1. The van der Waals surface area contributed by atoms with Crippen LogP contribution in [0.1, 0.15) is 18.1 Å². The van der Waals surface area contributed by atoms with Crippen LogP contribution < -0.4 is 9.64 Å². The third kappa shape index (κ3) is 2.95. The van der Waals surface area contributed by atoms with E-state index in [-0.39, 0.29) is 11.8 Å². The zero-order chi connectivity index (χ0) is 19.0. The monoisotopic (exact) mass is 364 g/mol. The molecule has 2 atom stereocenters. The number of nitrogens with zero attached hydrogens (tertiary/aromatic N) is 4. The number of carbonyl (C=O) groups is 2. The van der Waals surface area contributed by atoms with Gasteiger partial charge in [0.2, 0.25) is 0 Å². The molecule has 2 aromatic rings. The lowest BCUT2D eigenvalue weighted by molar-refractivity contribution is -0.123. The molecule has 7 heteroatoms. The number of fused-ring (bicyclic) bond motifs is 1. The summed E-state index contributed by atoms with van der Waals surface area (Å²) in [4.78, 5) is 27.0. The molecule has 0 unspecified atom stereocenters. The fourth-order valence-electron chi connectivity index (χ4n) is 3.45. The van der Waals surface area contributed by atoms with E-state index in [4.69, 9.17) is 4.74 Å². The van der Waals surface area contributed by atoms with Gasteiger partial charge in [-0.2, -0.15) is 5.11 Å². The zero-order valence-corrected chi connectivity index (χ0v) is 15.2. The van der Waals surface area contributed by atoms with Crippen molar-refractivity contribution in [2.24, 2.45) is 10.3 Å². The van der Waals surface area contributed by atoms with Crippen LogP contribution in [-0.4, -0.2) is 36.0 Å². The number of methoxy groups -OCH3 is 1. The van der Waals surface area contributed by atoms with Crippen molar-refractivity contribution in [3.63, 3.8) is 0 Å². The summed E-state index contributed by atoms with van der Waals surface area (Å²) in [7, 11) is 1.60. The van der Waals surface area contributed by atoms with Gasteiger partial charge in [-0.25, -0.2) is 4.90 Å². The fraction of sp³-hybridized carbons (Fsp3) is 0.300. The van der Waals surface area contributed by atoms with Crippen LogP contribution in [0.25, 0.3) is 0 Å². The van der Waals surface area contributed by atoms with Crippen LogP contribution in [0.2, 0.25) is 0 Å². The second-order valence-corrected chi connectivity index (χ2v) is 6.58. The highest BCUT2D eigenvalue weighted by Crippen LogP contribution is 2.33. The van der Waals surface area contributed by atoms with Gasteiger partial charge in [0.25, 0.3) is 11.8 Å². The average molecular weight is 364 g/mol. The van der Waals surface area contributed by atoms with Gasteiger partial charge in [-0.05, 0) is 41.8 Å². The van der Waals surface area contributed by atoms with Gasteiger partial charge in [-0.3, -0.25) is 14.6 Å². The Balaban J connectivity index is 1.57. The predicted octanol–water partition coefficient (Wildman–Crippen LogP) is 2.75. The molecule has 7 nitrogen and oxygen atoms in total. The quantitative estimate of drug-likeness (QED) is 0.765. The highest BCUT2D eigenvalue weighted by Gasteiger charge is 2.54. The molecule has 27 heavy (non-hydrogen) atoms. The van der Waals surface area contributed by atoms with Crippen LogP contribution in [0.15, 0.2) is 58.9 Å². The van der Waals surface area contributed by atoms with Crippen molar-refractivity contribution >= 4 is 17.5 Å². The van der Waals surface area contributed by atoms with E-state index >= 15 is 0 Å². The molecule has 4 rings (SSSR count). The Morgan fingerprint density at radius 2 is 1.81 bits per heavy atom. The summed E-state index contributed by atoms with van der Waals surface area (Å²) in [6, 6.07) is 13.5. The Bertz CT molecular complexity index is 910. The Labute approximate surface area is 157 Å². The molecule has 0 saturated carbocycles. The van der Waals surface area contributed by atoms with E-state index in [9.17, 15) is 9.59 Å². The van der Waals surface area contributed by atoms with E-state index in [1.165, 1.54) is 4.90 Å². The lowest BCUT2D eigenvalue weighted by atomic mass is 10.1. The van der Waals surface area contributed by atoms with E-state index in [1.54, 1.807) is 24.3 Å².